The monoisotopic (exact) mass is 274 g/mol. The molecule has 0 aliphatic carbocycles. The number of rotatable bonds is 8. The third-order valence-corrected chi connectivity index (χ3v) is 2.34. The van der Waals surface area contributed by atoms with Crippen molar-refractivity contribution in [2.45, 2.75) is 60.7 Å². The lowest BCUT2D eigenvalue weighted by Crippen LogP contribution is -2.30. The Bertz CT molecular complexity index is 255. The third kappa shape index (κ3) is 9.91. The Hall–Kier alpha value is -0.610. The molecule has 0 amide bonds. The van der Waals surface area contributed by atoms with Crippen LogP contribution in [-0.2, 0) is 19.0 Å². The molecule has 0 N–H and O–H groups in total. The van der Waals surface area contributed by atoms with Crippen molar-refractivity contribution in [1.82, 2.24) is 0 Å². The van der Waals surface area contributed by atoms with Crippen LogP contribution in [0.2, 0.25) is 0 Å². The molecule has 114 valence electrons. The summed E-state index contributed by atoms with van der Waals surface area (Å²) in [5.74, 6) is 0.325. The second-order valence-electron chi connectivity index (χ2n) is 6.54. The van der Waals surface area contributed by atoms with E-state index >= 15 is 0 Å². The highest BCUT2D eigenvalue weighted by Crippen LogP contribution is 2.16. The zero-order valence-electron chi connectivity index (χ0n) is 13.5. The summed E-state index contributed by atoms with van der Waals surface area (Å²) in [5.41, 5.74) is -0.472. The van der Waals surface area contributed by atoms with E-state index in [1.807, 2.05) is 34.6 Å². The Morgan fingerprint density at radius 3 is 2.00 bits per heavy atom. The quantitative estimate of drug-likeness (QED) is 0.638. The molecule has 4 heteroatoms. The number of hydrogen-bond acceptors (Lipinski definition) is 4. The van der Waals surface area contributed by atoms with Gasteiger partial charge in [-0.15, -0.1) is 0 Å². The maximum absolute atomic E-state index is 11.7. The van der Waals surface area contributed by atoms with Gasteiger partial charge in [-0.25, -0.2) is 0 Å². The molecule has 2 atom stereocenters. The average molecular weight is 274 g/mol. The summed E-state index contributed by atoms with van der Waals surface area (Å²) < 4.78 is 16.4. The molecule has 0 aliphatic rings. The van der Waals surface area contributed by atoms with Gasteiger partial charge in [0.1, 0.15) is 6.10 Å². The van der Waals surface area contributed by atoms with Gasteiger partial charge in [-0.05, 0) is 40.5 Å². The smallest absolute Gasteiger partial charge is 0.311 e. The van der Waals surface area contributed by atoms with E-state index in [9.17, 15) is 4.79 Å². The van der Waals surface area contributed by atoms with Crippen LogP contribution >= 0.6 is 0 Å². The number of carbonyl (C=O) groups is 1. The lowest BCUT2D eigenvalue weighted by Gasteiger charge is -2.22. The topological polar surface area (TPSA) is 44.8 Å². The molecular weight excluding hydrogens is 244 g/mol. The van der Waals surface area contributed by atoms with Gasteiger partial charge < -0.3 is 14.2 Å². The van der Waals surface area contributed by atoms with Crippen molar-refractivity contribution in [1.29, 1.82) is 0 Å². The minimum Gasteiger partial charge on any atom is -0.460 e. The maximum Gasteiger partial charge on any atom is 0.311 e. The van der Waals surface area contributed by atoms with E-state index < -0.39 is 5.41 Å². The summed E-state index contributed by atoms with van der Waals surface area (Å²) in [6, 6.07) is 0. The van der Waals surface area contributed by atoms with Crippen molar-refractivity contribution in [3.05, 3.63) is 0 Å². The second-order valence-corrected chi connectivity index (χ2v) is 6.54. The van der Waals surface area contributed by atoms with Crippen molar-refractivity contribution in [2.24, 2.45) is 11.3 Å². The molecule has 4 nitrogen and oxygen atoms in total. The highest BCUT2D eigenvalue weighted by Gasteiger charge is 2.25. The van der Waals surface area contributed by atoms with Crippen molar-refractivity contribution in [3.63, 3.8) is 0 Å². The van der Waals surface area contributed by atoms with Crippen molar-refractivity contribution < 1.29 is 19.0 Å². The van der Waals surface area contributed by atoms with E-state index in [1.54, 1.807) is 0 Å². The number of esters is 1. The highest BCUT2D eigenvalue weighted by molar-refractivity contribution is 5.75. The Labute approximate surface area is 117 Å². The van der Waals surface area contributed by atoms with Gasteiger partial charge in [0.25, 0.3) is 0 Å². The van der Waals surface area contributed by atoms with Crippen LogP contribution in [0.25, 0.3) is 0 Å². The van der Waals surface area contributed by atoms with Crippen LogP contribution in [0, 0.1) is 11.3 Å². The largest absolute Gasteiger partial charge is 0.460 e. The molecule has 0 radical (unpaired) electrons. The first kappa shape index (κ1) is 18.4. The summed E-state index contributed by atoms with van der Waals surface area (Å²) in [6.45, 7) is 15.2. The fraction of sp³-hybridized carbons (Fsp3) is 0.933. The highest BCUT2D eigenvalue weighted by atomic mass is 16.6. The molecule has 0 aliphatic heterocycles. The first-order valence-electron chi connectivity index (χ1n) is 7.03. The van der Waals surface area contributed by atoms with Gasteiger partial charge in [0.15, 0.2) is 0 Å². The summed E-state index contributed by atoms with van der Waals surface area (Å²) >= 11 is 0. The Morgan fingerprint density at radius 2 is 1.53 bits per heavy atom. The first-order valence-corrected chi connectivity index (χ1v) is 7.03. The zero-order valence-corrected chi connectivity index (χ0v) is 13.5. The Balaban J connectivity index is 3.78. The van der Waals surface area contributed by atoms with E-state index in [0.717, 1.165) is 6.61 Å². The molecule has 0 rings (SSSR count). The van der Waals surface area contributed by atoms with E-state index in [-0.39, 0.29) is 18.2 Å². The molecule has 0 saturated heterocycles. The van der Waals surface area contributed by atoms with Crippen LogP contribution < -0.4 is 0 Å². The fourth-order valence-electron chi connectivity index (χ4n) is 1.21. The van der Waals surface area contributed by atoms with Crippen LogP contribution in [0.5, 0.6) is 0 Å². The number of ether oxygens (including phenoxy) is 3. The summed E-state index contributed by atoms with van der Waals surface area (Å²) in [7, 11) is 0. The van der Waals surface area contributed by atoms with E-state index in [4.69, 9.17) is 14.2 Å². The zero-order chi connectivity index (χ0) is 15.1. The molecule has 0 bridgehead atoms. The second kappa shape index (κ2) is 8.54. The molecule has 0 aromatic rings. The predicted molar refractivity (Wildman–Crippen MR) is 76.1 cm³/mol. The molecule has 2 unspecified atom stereocenters. The third-order valence-electron chi connectivity index (χ3n) is 2.34. The fourth-order valence-corrected chi connectivity index (χ4v) is 1.21. The standard InChI is InChI=1S/C15H30O4/c1-11(2)8-17-9-12(3)18-10-13(4)19-14(16)15(5,6)7/h11-13H,8-10H2,1-7H3. The Morgan fingerprint density at radius 1 is 0.947 bits per heavy atom. The molecule has 19 heavy (non-hydrogen) atoms. The van der Waals surface area contributed by atoms with Gasteiger partial charge in [0, 0.05) is 6.61 Å². The number of carbonyl (C=O) groups excluding carboxylic acids is 1. The summed E-state index contributed by atoms with van der Waals surface area (Å²) in [4.78, 5) is 11.7. The molecule has 0 heterocycles. The normalized spacial score (nSPS) is 15.4. The van der Waals surface area contributed by atoms with E-state index in [2.05, 4.69) is 13.8 Å². The summed E-state index contributed by atoms with van der Waals surface area (Å²) in [5, 5.41) is 0. The van der Waals surface area contributed by atoms with Gasteiger partial charge in [0.2, 0.25) is 0 Å². The molecule has 0 saturated carbocycles. The van der Waals surface area contributed by atoms with Gasteiger partial charge >= 0.3 is 5.97 Å². The maximum atomic E-state index is 11.7. The van der Waals surface area contributed by atoms with Crippen LogP contribution in [0.15, 0.2) is 0 Å². The molecular formula is C15H30O4. The lowest BCUT2D eigenvalue weighted by atomic mass is 9.97. The minimum atomic E-state index is -0.472. The van der Waals surface area contributed by atoms with Crippen LogP contribution in [0.3, 0.4) is 0 Å². The van der Waals surface area contributed by atoms with Crippen molar-refractivity contribution in [2.75, 3.05) is 19.8 Å². The van der Waals surface area contributed by atoms with Crippen molar-refractivity contribution >= 4 is 5.97 Å². The van der Waals surface area contributed by atoms with E-state index in [1.165, 1.54) is 0 Å². The average Bonchev–Trinajstić information content (AvgIpc) is 2.24. The van der Waals surface area contributed by atoms with Crippen LogP contribution in [0.1, 0.15) is 48.5 Å². The summed E-state index contributed by atoms with van der Waals surface area (Å²) in [6.07, 6.45) is -0.228. The van der Waals surface area contributed by atoms with Crippen molar-refractivity contribution in [3.8, 4) is 0 Å². The Kier molecular flexibility index (Phi) is 8.26. The van der Waals surface area contributed by atoms with Crippen LogP contribution in [0.4, 0.5) is 0 Å². The SMILES string of the molecule is CC(C)COCC(C)OCC(C)OC(=O)C(C)(C)C. The molecule has 0 aromatic heterocycles. The van der Waals surface area contributed by atoms with Gasteiger partial charge in [-0.2, -0.15) is 0 Å². The van der Waals surface area contributed by atoms with Gasteiger partial charge in [-0.1, -0.05) is 13.8 Å². The first-order chi connectivity index (χ1) is 8.62. The lowest BCUT2D eigenvalue weighted by molar-refractivity contribution is -0.162. The molecule has 0 aromatic carbocycles. The minimum absolute atomic E-state index is 0.00883. The molecule has 0 fully saturated rings. The van der Waals surface area contributed by atoms with E-state index in [0.29, 0.717) is 19.1 Å². The number of hydrogen-bond donors (Lipinski definition) is 0. The van der Waals surface area contributed by atoms with Crippen LogP contribution in [-0.4, -0.2) is 38.0 Å². The predicted octanol–water partition coefficient (Wildman–Crippen LogP) is 3.04. The molecule has 0 spiro atoms. The van der Waals surface area contributed by atoms with Gasteiger partial charge in [0.05, 0.1) is 24.7 Å². The van der Waals surface area contributed by atoms with Gasteiger partial charge in [-0.3, -0.25) is 4.79 Å².